The molecule has 1 saturated heterocycles. The van der Waals surface area contributed by atoms with E-state index in [1.165, 1.54) is 4.90 Å². The van der Waals surface area contributed by atoms with Gasteiger partial charge in [0.25, 0.3) is 0 Å². The highest BCUT2D eigenvalue weighted by molar-refractivity contribution is 6.06. The molecule has 1 N–H and O–H groups in total. The highest BCUT2D eigenvalue weighted by atomic mass is 16.3. The van der Waals surface area contributed by atoms with E-state index in [1.54, 1.807) is 0 Å². The lowest BCUT2D eigenvalue weighted by molar-refractivity contribution is -0.138. The van der Waals surface area contributed by atoms with E-state index in [0.29, 0.717) is 6.54 Å². The molecule has 0 aromatic heterocycles. The zero-order valence-corrected chi connectivity index (χ0v) is 10.9. The van der Waals surface area contributed by atoms with Crippen LogP contribution in [-0.4, -0.2) is 35.0 Å². The lowest BCUT2D eigenvalue weighted by Gasteiger charge is -2.14. The van der Waals surface area contributed by atoms with Gasteiger partial charge < -0.3 is 5.11 Å². The number of hydrogen-bond acceptors (Lipinski definition) is 3. The number of unbranched alkanes of at least 4 members (excludes halogenated alkanes) is 2. The van der Waals surface area contributed by atoms with Gasteiger partial charge in [-0.05, 0) is 24.8 Å². The summed E-state index contributed by atoms with van der Waals surface area (Å²) >= 11 is 0. The molecule has 0 aliphatic carbocycles. The molecule has 4 heteroatoms. The van der Waals surface area contributed by atoms with Crippen LogP contribution in [0.15, 0.2) is 30.3 Å². The molecule has 1 aliphatic rings. The summed E-state index contributed by atoms with van der Waals surface area (Å²) in [6.45, 7) is 0.634. The Hall–Kier alpha value is -1.68. The van der Waals surface area contributed by atoms with Gasteiger partial charge in [0.1, 0.15) is 0 Å². The standard InChI is InChI=1S/C15H19NO3/c17-10-6-2-5-9-16-14(18)11-13(15(16)19)12-7-3-1-4-8-12/h1,3-4,7-8,13,17H,2,5-6,9-11H2. The maximum atomic E-state index is 12.2. The van der Waals surface area contributed by atoms with Crippen LogP contribution in [-0.2, 0) is 9.59 Å². The number of likely N-dealkylation sites (tertiary alicyclic amines) is 1. The zero-order valence-electron chi connectivity index (χ0n) is 10.9. The summed E-state index contributed by atoms with van der Waals surface area (Å²) in [6.07, 6.45) is 2.60. The van der Waals surface area contributed by atoms with Crippen molar-refractivity contribution in [2.75, 3.05) is 13.2 Å². The SMILES string of the molecule is O=C1CC(c2ccccc2)C(=O)N1CCCCCO. The summed E-state index contributed by atoms with van der Waals surface area (Å²) in [4.78, 5) is 25.5. The number of rotatable bonds is 6. The van der Waals surface area contributed by atoms with Crippen LogP contribution in [0.1, 0.15) is 37.2 Å². The molecular weight excluding hydrogens is 242 g/mol. The lowest BCUT2D eigenvalue weighted by Crippen LogP contribution is -2.31. The molecule has 1 aliphatic heterocycles. The van der Waals surface area contributed by atoms with Crippen LogP contribution in [0.4, 0.5) is 0 Å². The highest BCUT2D eigenvalue weighted by Crippen LogP contribution is 2.29. The molecular formula is C15H19NO3. The monoisotopic (exact) mass is 261 g/mol. The van der Waals surface area contributed by atoms with Crippen molar-refractivity contribution in [3.8, 4) is 0 Å². The van der Waals surface area contributed by atoms with E-state index in [-0.39, 0.29) is 30.8 Å². The van der Waals surface area contributed by atoms with Gasteiger partial charge in [-0.2, -0.15) is 0 Å². The van der Waals surface area contributed by atoms with E-state index in [9.17, 15) is 9.59 Å². The van der Waals surface area contributed by atoms with Crippen LogP contribution in [0.25, 0.3) is 0 Å². The van der Waals surface area contributed by atoms with Gasteiger partial charge in [0.15, 0.2) is 0 Å². The van der Waals surface area contributed by atoms with Crippen LogP contribution in [0.3, 0.4) is 0 Å². The minimum Gasteiger partial charge on any atom is -0.396 e. The van der Waals surface area contributed by atoms with Gasteiger partial charge in [0, 0.05) is 19.6 Å². The van der Waals surface area contributed by atoms with Crippen LogP contribution >= 0.6 is 0 Å². The second-order valence-corrected chi connectivity index (χ2v) is 4.84. The Labute approximate surface area is 113 Å². The Morgan fingerprint density at radius 1 is 1.11 bits per heavy atom. The second-order valence-electron chi connectivity index (χ2n) is 4.84. The molecule has 1 heterocycles. The van der Waals surface area contributed by atoms with E-state index in [4.69, 9.17) is 5.11 Å². The molecule has 1 fully saturated rings. The van der Waals surface area contributed by atoms with E-state index >= 15 is 0 Å². The molecule has 0 radical (unpaired) electrons. The summed E-state index contributed by atoms with van der Waals surface area (Å²) in [5.41, 5.74) is 0.915. The predicted molar refractivity (Wildman–Crippen MR) is 71.5 cm³/mol. The van der Waals surface area contributed by atoms with Gasteiger partial charge in [-0.1, -0.05) is 30.3 Å². The highest BCUT2D eigenvalue weighted by Gasteiger charge is 2.38. The first-order chi connectivity index (χ1) is 9.24. The Morgan fingerprint density at radius 2 is 1.84 bits per heavy atom. The third-order valence-corrected chi connectivity index (χ3v) is 3.49. The first-order valence-corrected chi connectivity index (χ1v) is 6.74. The van der Waals surface area contributed by atoms with Crippen molar-refractivity contribution in [3.63, 3.8) is 0 Å². The molecule has 1 aromatic carbocycles. The molecule has 102 valence electrons. The second kappa shape index (κ2) is 6.48. The van der Waals surface area contributed by atoms with Crippen molar-refractivity contribution in [2.45, 2.75) is 31.6 Å². The van der Waals surface area contributed by atoms with Crippen molar-refractivity contribution in [1.29, 1.82) is 0 Å². The van der Waals surface area contributed by atoms with Gasteiger partial charge in [0.2, 0.25) is 11.8 Å². The molecule has 1 aromatic rings. The Morgan fingerprint density at radius 3 is 2.53 bits per heavy atom. The molecule has 1 atom stereocenters. The summed E-state index contributed by atoms with van der Waals surface area (Å²) in [7, 11) is 0. The van der Waals surface area contributed by atoms with E-state index in [0.717, 1.165) is 24.8 Å². The van der Waals surface area contributed by atoms with Gasteiger partial charge in [-0.15, -0.1) is 0 Å². The number of hydrogen-bond donors (Lipinski definition) is 1. The fourth-order valence-corrected chi connectivity index (χ4v) is 2.42. The number of nitrogens with zero attached hydrogens (tertiary/aromatic N) is 1. The third kappa shape index (κ3) is 3.20. The smallest absolute Gasteiger partial charge is 0.237 e. The minimum atomic E-state index is -0.313. The third-order valence-electron chi connectivity index (χ3n) is 3.49. The van der Waals surface area contributed by atoms with Gasteiger partial charge in [-0.3, -0.25) is 14.5 Å². The van der Waals surface area contributed by atoms with Crippen LogP contribution in [0.5, 0.6) is 0 Å². The molecule has 2 amide bonds. The summed E-state index contributed by atoms with van der Waals surface area (Å²) < 4.78 is 0. The van der Waals surface area contributed by atoms with Crippen molar-refractivity contribution in [2.24, 2.45) is 0 Å². The molecule has 4 nitrogen and oxygen atoms in total. The number of amides is 2. The topological polar surface area (TPSA) is 57.6 Å². The van der Waals surface area contributed by atoms with Crippen molar-refractivity contribution in [3.05, 3.63) is 35.9 Å². The normalized spacial score (nSPS) is 19.2. The summed E-state index contributed by atoms with van der Waals surface area (Å²) in [5, 5.41) is 8.71. The average molecular weight is 261 g/mol. The molecule has 1 unspecified atom stereocenters. The van der Waals surface area contributed by atoms with Crippen molar-refractivity contribution in [1.82, 2.24) is 4.90 Å². The molecule has 2 rings (SSSR count). The van der Waals surface area contributed by atoms with Gasteiger partial charge in [0.05, 0.1) is 5.92 Å². The Balaban J connectivity index is 1.97. The first kappa shape index (κ1) is 13.7. The number of benzene rings is 1. The van der Waals surface area contributed by atoms with Crippen molar-refractivity contribution >= 4 is 11.8 Å². The molecule has 0 spiro atoms. The Bertz CT molecular complexity index is 444. The quantitative estimate of drug-likeness (QED) is 0.626. The van der Waals surface area contributed by atoms with Crippen molar-refractivity contribution < 1.29 is 14.7 Å². The number of carbonyl (C=O) groups excluding carboxylic acids is 2. The van der Waals surface area contributed by atoms with E-state index in [2.05, 4.69) is 0 Å². The molecule has 0 saturated carbocycles. The maximum absolute atomic E-state index is 12.2. The maximum Gasteiger partial charge on any atom is 0.237 e. The van der Waals surface area contributed by atoms with Crippen LogP contribution in [0, 0.1) is 0 Å². The minimum absolute atomic E-state index is 0.0807. The zero-order chi connectivity index (χ0) is 13.7. The van der Waals surface area contributed by atoms with E-state index in [1.807, 2.05) is 30.3 Å². The number of aliphatic hydroxyl groups excluding tert-OH is 1. The number of imide groups is 1. The fourth-order valence-electron chi connectivity index (χ4n) is 2.42. The molecule has 0 bridgehead atoms. The molecule has 19 heavy (non-hydrogen) atoms. The largest absolute Gasteiger partial charge is 0.396 e. The predicted octanol–water partition coefficient (Wildman–Crippen LogP) is 1.69. The van der Waals surface area contributed by atoms with Crippen LogP contribution < -0.4 is 0 Å². The van der Waals surface area contributed by atoms with Gasteiger partial charge in [-0.25, -0.2) is 0 Å². The Kier molecular flexibility index (Phi) is 4.68. The van der Waals surface area contributed by atoms with Gasteiger partial charge >= 0.3 is 0 Å². The number of carbonyl (C=O) groups is 2. The average Bonchev–Trinajstić information content (AvgIpc) is 2.72. The number of aliphatic hydroxyl groups is 1. The fraction of sp³-hybridized carbons (Fsp3) is 0.467. The summed E-state index contributed by atoms with van der Waals surface area (Å²) in [5.74, 6) is -0.477. The van der Waals surface area contributed by atoms with E-state index < -0.39 is 0 Å². The van der Waals surface area contributed by atoms with Crippen LogP contribution in [0.2, 0.25) is 0 Å². The first-order valence-electron chi connectivity index (χ1n) is 6.74. The summed E-state index contributed by atoms with van der Waals surface area (Å²) in [6, 6.07) is 9.46. The lowest BCUT2D eigenvalue weighted by atomic mass is 9.98.